The molecule has 0 amide bonds. The number of hydrogen-bond acceptors (Lipinski definition) is 2. The van der Waals surface area contributed by atoms with E-state index in [0.29, 0.717) is 6.04 Å². The van der Waals surface area contributed by atoms with Gasteiger partial charge in [0, 0.05) is 17.5 Å². The van der Waals surface area contributed by atoms with Gasteiger partial charge in [-0.2, -0.15) is 11.8 Å². The fourth-order valence-electron chi connectivity index (χ4n) is 2.16. The number of benzene rings is 1. The first-order valence-electron chi connectivity index (χ1n) is 5.82. The Bertz CT molecular complexity index is 378. The maximum atomic E-state index is 13.4. The Morgan fingerprint density at radius 3 is 3.06 bits per heavy atom. The first-order valence-corrected chi connectivity index (χ1v) is 6.98. The summed E-state index contributed by atoms with van der Waals surface area (Å²) < 4.78 is 13.4. The highest BCUT2D eigenvalue weighted by Gasteiger charge is 2.21. The van der Waals surface area contributed by atoms with Gasteiger partial charge in [-0.15, -0.1) is 0 Å². The van der Waals surface area contributed by atoms with Crippen molar-refractivity contribution in [1.82, 2.24) is 5.32 Å². The summed E-state index contributed by atoms with van der Waals surface area (Å²) in [5.41, 5.74) is 3.58. The molecule has 1 aliphatic heterocycles. The minimum Gasteiger partial charge on any atom is -0.309 e. The Kier molecular flexibility index (Phi) is 3.87. The van der Waals surface area contributed by atoms with Crippen molar-refractivity contribution in [3.8, 4) is 0 Å². The van der Waals surface area contributed by atoms with E-state index < -0.39 is 0 Å². The molecule has 0 spiro atoms. The van der Waals surface area contributed by atoms with Crippen LogP contribution in [-0.2, 0) is 5.75 Å². The number of aryl methyl sites for hydroxylation is 1. The van der Waals surface area contributed by atoms with Crippen molar-refractivity contribution in [3.63, 3.8) is 0 Å². The van der Waals surface area contributed by atoms with Crippen molar-refractivity contribution in [2.24, 2.45) is 0 Å². The molecule has 1 nitrogen and oxygen atoms in total. The molecule has 0 radical (unpaired) electrons. The number of halogens is 1. The van der Waals surface area contributed by atoms with Gasteiger partial charge in [0.2, 0.25) is 0 Å². The van der Waals surface area contributed by atoms with Gasteiger partial charge in [-0.25, -0.2) is 4.39 Å². The molecule has 0 saturated carbocycles. The molecule has 1 atom stereocenters. The van der Waals surface area contributed by atoms with E-state index in [1.54, 1.807) is 12.1 Å². The van der Waals surface area contributed by atoms with Crippen LogP contribution >= 0.6 is 11.8 Å². The topological polar surface area (TPSA) is 12.0 Å². The highest BCUT2D eigenvalue weighted by atomic mass is 32.2. The lowest BCUT2D eigenvalue weighted by Crippen LogP contribution is -2.27. The highest BCUT2D eigenvalue weighted by Crippen LogP contribution is 2.34. The Morgan fingerprint density at radius 2 is 2.31 bits per heavy atom. The fraction of sp³-hybridized carbons (Fsp3) is 0.538. The molecule has 1 N–H and O–H groups in total. The largest absolute Gasteiger partial charge is 0.309 e. The van der Waals surface area contributed by atoms with Gasteiger partial charge in [0.1, 0.15) is 5.82 Å². The van der Waals surface area contributed by atoms with Crippen LogP contribution in [0.25, 0.3) is 0 Å². The summed E-state index contributed by atoms with van der Waals surface area (Å²) in [4.78, 5) is 0. The third-order valence-corrected chi connectivity index (χ3v) is 4.08. The van der Waals surface area contributed by atoms with Gasteiger partial charge in [0.15, 0.2) is 0 Å². The number of nitrogens with one attached hydrogen (secondary N) is 1. The van der Waals surface area contributed by atoms with Gasteiger partial charge in [-0.1, -0.05) is 6.92 Å². The Hall–Kier alpha value is -0.540. The van der Waals surface area contributed by atoms with Crippen molar-refractivity contribution in [2.75, 3.05) is 12.3 Å². The molecule has 0 saturated heterocycles. The lowest BCUT2D eigenvalue weighted by molar-refractivity contribution is 0.560. The average Bonchev–Trinajstić information content (AvgIpc) is 2.26. The zero-order chi connectivity index (χ0) is 11.5. The zero-order valence-electron chi connectivity index (χ0n) is 9.85. The van der Waals surface area contributed by atoms with Crippen LogP contribution in [0.2, 0.25) is 0 Å². The van der Waals surface area contributed by atoms with E-state index in [9.17, 15) is 4.39 Å². The van der Waals surface area contributed by atoms with Crippen molar-refractivity contribution in [3.05, 3.63) is 34.6 Å². The van der Waals surface area contributed by atoms with E-state index in [-0.39, 0.29) is 5.82 Å². The van der Waals surface area contributed by atoms with Gasteiger partial charge >= 0.3 is 0 Å². The maximum Gasteiger partial charge on any atom is 0.123 e. The molecule has 0 aromatic heterocycles. The summed E-state index contributed by atoms with van der Waals surface area (Å²) >= 11 is 1.93. The summed E-state index contributed by atoms with van der Waals surface area (Å²) in [6, 6.07) is 3.67. The molecule has 0 bridgehead atoms. The van der Waals surface area contributed by atoms with Crippen LogP contribution in [0.4, 0.5) is 4.39 Å². The Balaban J connectivity index is 2.30. The minimum atomic E-state index is -0.105. The van der Waals surface area contributed by atoms with E-state index in [2.05, 4.69) is 12.2 Å². The minimum absolute atomic E-state index is 0.105. The van der Waals surface area contributed by atoms with Crippen LogP contribution in [0.15, 0.2) is 12.1 Å². The second-order valence-electron chi connectivity index (χ2n) is 4.31. The van der Waals surface area contributed by atoms with Gasteiger partial charge < -0.3 is 5.32 Å². The number of hydrogen-bond donors (Lipinski definition) is 1. The predicted molar refractivity (Wildman–Crippen MR) is 68.3 cm³/mol. The van der Waals surface area contributed by atoms with E-state index >= 15 is 0 Å². The second kappa shape index (κ2) is 5.19. The smallest absolute Gasteiger partial charge is 0.123 e. The number of rotatable bonds is 3. The predicted octanol–water partition coefficient (Wildman–Crippen LogP) is 3.42. The SMILES string of the molecule is CCCNC1CSCc2c(C)cc(F)cc21. The monoisotopic (exact) mass is 239 g/mol. The Labute approximate surface area is 101 Å². The van der Waals surface area contributed by atoms with E-state index in [4.69, 9.17) is 0 Å². The lowest BCUT2D eigenvalue weighted by atomic mass is 9.97. The highest BCUT2D eigenvalue weighted by molar-refractivity contribution is 7.98. The van der Waals surface area contributed by atoms with Crippen LogP contribution in [0.3, 0.4) is 0 Å². The third kappa shape index (κ3) is 2.41. The molecule has 0 aliphatic carbocycles. The summed E-state index contributed by atoms with van der Waals surface area (Å²) in [5.74, 6) is 1.97. The molecule has 2 rings (SSSR count). The molecule has 88 valence electrons. The fourth-order valence-corrected chi connectivity index (χ4v) is 3.41. The Morgan fingerprint density at radius 1 is 1.50 bits per heavy atom. The van der Waals surface area contributed by atoms with Crippen LogP contribution in [0.5, 0.6) is 0 Å². The van der Waals surface area contributed by atoms with Crippen LogP contribution in [-0.4, -0.2) is 12.3 Å². The summed E-state index contributed by atoms with van der Waals surface area (Å²) in [6.45, 7) is 5.16. The van der Waals surface area contributed by atoms with E-state index in [1.807, 2.05) is 18.7 Å². The van der Waals surface area contributed by atoms with Gasteiger partial charge in [0.25, 0.3) is 0 Å². The maximum absolute atomic E-state index is 13.4. The van der Waals surface area contributed by atoms with Gasteiger partial charge in [0.05, 0.1) is 0 Å². The second-order valence-corrected chi connectivity index (χ2v) is 5.34. The number of thioether (sulfide) groups is 1. The van der Waals surface area contributed by atoms with Crippen LogP contribution < -0.4 is 5.32 Å². The molecular formula is C13H18FNS. The normalized spacial score (nSPS) is 19.6. The zero-order valence-corrected chi connectivity index (χ0v) is 10.7. The van der Waals surface area contributed by atoms with Crippen molar-refractivity contribution >= 4 is 11.8 Å². The summed E-state index contributed by atoms with van der Waals surface area (Å²) in [7, 11) is 0. The standard InChI is InChI=1S/C13H18FNS/c1-3-4-15-13-8-16-7-12-9(2)5-10(14)6-11(12)13/h5-6,13,15H,3-4,7-8H2,1-2H3. The van der Waals surface area contributed by atoms with E-state index in [1.165, 1.54) is 11.1 Å². The summed E-state index contributed by atoms with van der Waals surface area (Å²) in [5, 5.41) is 3.49. The molecule has 1 aromatic carbocycles. The molecule has 16 heavy (non-hydrogen) atoms. The number of fused-ring (bicyclic) bond motifs is 1. The van der Waals surface area contributed by atoms with Crippen LogP contribution in [0.1, 0.15) is 36.1 Å². The molecule has 1 aromatic rings. The van der Waals surface area contributed by atoms with Crippen LogP contribution in [0, 0.1) is 12.7 Å². The lowest BCUT2D eigenvalue weighted by Gasteiger charge is -2.27. The van der Waals surface area contributed by atoms with Gasteiger partial charge in [-0.3, -0.25) is 0 Å². The molecule has 3 heteroatoms. The first-order chi connectivity index (χ1) is 7.72. The van der Waals surface area contributed by atoms with Crippen molar-refractivity contribution in [2.45, 2.75) is 32.1 Å². The molecule has 1 unspecified atom stereocenters. The first kappa shape index (κ1) is 11.9. The molecule has 1 aliphatic rings. The molecule has 1 heterocycles. The van der Waals surface area contributed by atoms with Crippen molar-refractivity contribution < 1.29 is 4.39 Å². The molecular weight excluding hydrogens is 221 g/mol. The van der Waals surface area contributed by atoms with Gasteiger partial charge in [-0.05, 0) is 48.7 Å². The van der Waals surface area contributed by atoms with E-state index in [0.717, 1.165) is 30.0 Å². The summed E-state index contributed by atoms with van der Waals surface area (Å²) in [6.07, 6.45) is 1.12. The quantitative estimate of drug-likeness (QED) is 0.867. The average molecular weight is 239 g/mol. The third-order valence-electron chi connectivity index (χ3n) is 3.02. The van der Waals surface area contributed by atoms with Crippen molar-refractivity contribution in [1.29, 1.82) is 0 Å². The molecule has 0 fully saturated rings.